The van der Waals surface area contributed by atoms with Crippen molar-refractivity contribution in [2.45, 2.75) is 11.8 Å². The molecular formula is C21H20ClN3O5S. The number of nitrogens with zero attached hydrogens (tertiary/aromatic N) is 2. The quantitative estimate of drug-likeness (QED) is 0.596. The third-order valence-electron chi connectivity index (χ3n) is 5.05. The number of carboxylic acid groups (broad SMARTS) is 1. The molecule has 0 saturated carbocycles. The van der Waals surface area contributed by atoms with Crippen LogP contribution in [0.5, 0.6) is 0 Å². The minimum absolute atomic E-state index is 0.0207. The van der Waals surface area contributed by atoms with Crippen LogP contribution in [-0.2, 0) is 14.8 Å². The number of sulfonamides is 1. The van der Waals surface area contributed by atoms with Crippen molar-refractivity contribution in [2.24, 2.45) is 0 Å². The van der Waals surface area contributed by atoms with E-state index in [1.165, 1.54) is 16.6 Å². The number of nitrogens with one attached hydrogen (secondary N) is 1. The summed E-state index contributed by atoms with van der Waals surface area (Å²) in [5, 5.41) is 13.5. The molecule has 3 aromatic rings. The molecule has 2 N–H and O–H groups in total. The first-order valence-electron chi connectivity index (χ1n) is 9.54. The maximum atomic E-state index is 13.5. The Morgan fingerprint density at radius 2 is 1.94 bits per heavy atom. The molecule has 1 aromatic heterocycles. The van der Waals surface area contributed by atoms with Crippen molar-refractivity contribution >= 4 is 49.9 Å². The zero-order valence-electron chi connectivity index (χ0n) is 16.6. The van der Waals surface area contributed by atoms with Crippen LogP contribution < -0.4 is 5.32 Å². The highest BCUT2D eigenvalue weighted by molar-refractivity contribution is 7.89. The van der Waals surface area contributed by atoms with Crippen LogP contribution in [0.25, 0.3) is 10.9 Å². The van der Waals surface area contributed by atoms with Crippen LogP contribution in [0.3, 0.4) is 0 Å². The first-order valence-corrected chi connectivity index (χ1v) is 11.4. The van der Waals surface area contributed by atoms with Crippen LogP contribution in [0.15, 0.2) is 47.5 Å². The van der Waals surface area contributed by atoms with Gasteiger partial charge in [0.1, 0.15) is 4.90 Å². The van der Waals surface area contributed by atoms with E-state index < -0.39 is 16.0 Å². The topological polar surface area (TPSA) is 109 Å². The maximum absolute atomic E-state index is 13.5. The first-order chi connectivity index (χ1) is 14.8. The second kappa shape index (κ2) is 8.43. The number of fused-ring (bicyclic) bond motifs is 1. The molecule has 0 radical (unpaired) electrons. The Hall–Kier alpha value is -2.72. The molecule has 0 bridgehead atoms. The third-order valence-corrected chi connectivity index (χ3v) is 7.19. The van der Waals surface area contributed by atoms with E-state index in [0.717, 1.165) is 5.56 Å². The zero-order chi connectivity index (χ0) is 22.2. The van der Waals surface area contributed by atoms with Crippen molar-refractivity contribution in [1.29, 1.82) is 0 Å². The first kappa shape index (κ1) is 21.5. The van der Waals surface area contributed by atoms with Gasteiger partial charge >= 0.3 is 5.97 Å². The minimum Gasteiger partial charge on any atom is -0.478 e. The summed E-state index contributed by atoms with van der Waals surface area (Å²) in [6.45, 7) is 2.87. The van der Waals surface area contributed by atoms with Crippen molar-refractivity contribution in [2.75, 3.05) is 31.6 Å². The number of anilines is 2. The third kappa shape index (κ3) is 4.22. The van der Waals surface area contributed by atoms with E-state index in [9.17, 15) is 18.3 Å². The molecule has 2 heterocycles. The summed E-state index contributed by atoms with van der Waals surface area (Å²) in [7, 11) is -3.92. The number of pyridine rings is 1. The number of morpholine rings is 1. The van der Waals surface area contributed by atoms with Gasteiger partial charge in [-0.05, 0) is 42.8 Å². The van der Waals surface area contributed by atoms with Gasteiger partial charge in [-0.3, -0.25) is 4.98 Å². The Morgan fingerprint density at radius 3 is 2.65 bits per heavy atom. The van der Waals surface area contributed by atoms with Crippen LogP contribution in [0.4, 0.5) is 11.4 Å². The van der Waals surface area contributed by atoms with Crippen LogP contribution >= 0.6 is 11.6 Å². The SMILES string of the molecule is Cc1ccc(C(=O)O)c(Nc2c(S(=O)(=O)N3CCOCC3)cnc3ccc(Cl)cc23)c1. The number of aromatic carboxylic acids is 1. The summed E-state index contributed by atoms with van der Waals surface area (Å²) in [6, 6.07) is 9.77. The van der Waals surface area contributed by atoms with E-state index in [4.69, 9.17) is 16.3 Å². The van der Waals surface area contributed by atoms with Gasteiger partial charge in [0.25, 0.3) is 0 Å². The lowest BCUT2D eigenvalue weighted by atomic mass is 10.1. The van der Waals surface area contributed by atoms with Crippen molar-refractivity contribution in [1.82, 2.24) is 9.29 Å². The fraction of sp³-hybridized carbons (Fsp3) is 0.238. The standard InChI is InChI=1S/C21H20ClN3O5S/c1-13-2-4-15(21(26)27)18(10-13)24-20-16-11-14(22)3-5-17(16)23-12-19(20)31(28,29)25-6-8-30-9-7-25/h2-5,10-12H,6-9H2,1H3,(H,23,24)(H,26,27). The molecule has 0 aliphatic carbocycles. The van der Waals surface area contributed by atoms with Crippen LogP contribution in [0.2, 0.25) is 5.02 Å². The average molecular weight is 462 g/mol. The number of halogens is 1. The molecule has 1 saturated heterocycles. The predicted molar refractivity (Wildman–Crippen MR) is 118 cm³/mol. The molecule has 0 unspecified atom stereocenters. The number of carboxylic acids is 1. The van der Waals surface area contributed by atoms with E-state index in [1.807, 2.05) is 6.92 Å². The molecular weight excluding hydrogens is 442 g/mol. The zero-order valence-corrected chi connectivity index (χ0v) is 18.2. The Morgan fingerprint density at radius 1 is 1.19 bits per heavy atom. The minimum atomic E-state index is -3.92. The summed E-state index contributed by atoms with van der Waals surface area (Å²) in [6.07, 6.45) is 1.29. The summed E-state index contributed by atoms with van der Waals surface area (Å²) in [5.74, 6) is -1.13. The molecule has 10 heteroatoms. The second-order valence-electron chi connectivity index (χ2n) is 7.15. The molecule has 4 rings (SSSR count). The maximum Gasteiger partial charge on any atom is 0.337 e. The van der Waals surface area contributed by atoms with Gasteiger partial charge in [-0.1, -0.05) is 17.7 Å². The van der Waals surface area contributed by atoms with E-state index >= 15 is 0 Å². The van der Waals surface area contributed by atoms with Crippen LogP contribution in [0, 0.1) is 6.92 Å². The van der Waals surface area contributed by atoms with Gasteiger partial charge in [-0.25, -0.2) is 13.2 Å². The highest BCUT2D eigenvalue weighted by Gasteiger charge is 2.30. The molecule has 1 fully saturated rings. The number of hydrogen-bond acceptors (Lipinski definition) is 6. The fourth-order valence-corrected chi connectivity index (χ4v) is 5.16. The Balaban J connectivity index is 1.94. The largest absolute Gasteiger partial charge is 0.478 e. The number of hydrogen-bond donors (Lipinski definition) is 2. The summed E-state index contributed by atoms with van der Waals surface area (Å²) in [5.41, 5.74) is 1.87. The summed E-state index contributed by atoms with van der Waals surface area (Å²) in [4.78, 5) is 16.0. The van der Waals surface area contributed by atoms with Gasteiger partial charge in [0.2, 0.25) is 10.0 Å². The predicted octanol–water partition coefficient (Wildman–Crippen LogP) is 3.66. The van der Waals surface area contributed by atoms with Gasteiger partial charge < -0.3 is 15.2 Å². The molecule has 0 spiro atoms. The Labute approximate surface area is 184 Å². The van der Waals surface area contributed by atoms with Gasteiger partial charge in [-0.2, -0.15) is 4.31 Å². The number of rotatable bonds is 5. The second-order valence-corrected chi connectivity index (χ2v) is 9.50. The molecule has 0 atom stereocenters. The summed E-state index contributed by atoms with van der Waals surface area (Å²) >= 11 is 6.19. The molecule has 31 heavy (non-hydrogen) atoms. The Bertz CT molecular complexity index is 1270. The van der Waals surface area contributed by atoms with E-state index in [1.54, 1.807) is 30.3 Å². The van der Waals surface area contributed by atoms with Crippen molar-refractivity contribution in [3.8, 4) is 0 Å². The molecule has 1 aliphatic rings. The number of carbonyl (C=O) groups is 1. The number of aryl methyl sites for hydroxylation is 1. The molecule has 0 amide bonds. The smallest absolute Gasteiger partial charge is 0.337 e. The monoisotopic (exact) mass is 461 g/mol. The van der Waals surface area contributed by atoms with Gasteiger partial charge in [0.15, 0.2) is 0 Å². The molecule has 1 aliphatic heterocycles. The highest BCUT2D eigenvalue weighted by Crippen LogP contribution is 2.36. The van der Waals surface area contributed by atoms with Gasteiger partial charge in [-0.15, -0.1) is 0 Å². The fourth-order valence-electron chi connectivity index (χ4n) is 3.48. The average Bonchev–Trinajstić information content (AvgIpc) is 2.74. The summed E-state index contributed by atoms with van der Waals surface area (Å²) < 4.78 is 33.5. The van der Waals surface area contributed by atoms with E-state index in [2.05, 4.69) is 10.3 Å². The van der Waals surface area contributed by atoms with Crippen molar-refractivity contribution in [3.05, 3.63) is 58.7 Å². The highest BCUT2D eigenvalue weighted by atomic mass is 35.5. The lowest BCUT2D eigenvalue weighted by Crippen LogP contribution is -2.40. The Kier molecular flexibility index (Phi) is 5.85. The van der Waals surface area contributed by atoms with Gasteiger partial charge in [0.05, 0.1) is 35.7 Å². The molecule has 8 nitrogen and oxygen atoms in total. The number of aromatic nitrogens is 1. The van der Waals surface area contributed by atoms with Crippen molar-refractivity contribution < 1.29 is 23.1 Å². The van der Waals surface area contributed by atoms with Crippen LogP contribution in [0.1, 0.15) is 15.9 Å². The molecule has 162 valence electrons. The normalized spacial score (nSPS) is 15.2. The van der Waals surface area contributed by atoms with Crippen LogP contribution in [-0.4, -0.2) is 55.1 Å². The molecule has 2 aromatic carbocycles. The van der Waals surface area contributed by atoms with E-state index in [0.29, 0.717) is 29.1 Å². The number of ether oxygens (including phenoxy) is 1. The lowest BCUT2D eigenvalue weighted by molar-refractivity contribution is 0.0698. The van der Waals surface area contributed by atoms with E-state index in [-0.39, 0.29) is 34.9 Å². The van der Waals surface area contributed by atoms with Gasteiger partial charge in [0, 0.05) is 29.7 Å². The lowest BCUT2D eigenvalue weighted by Gasteiger charge is -2.27. The van der Waals surface area contributed by atoms with Crippen molar-refractivity contribution in [3.63, 3.8) is 0 Å². The number of benzene rings is 2.